The highest BCUT2D eigenvalue weighted by atomic mass is 16.3. The second-order valence-corrected chi connectivity index (χ2v) is 6.68. The Balaban J connectivity index is 1.91. The number of aromatic nitrogens is 2. The van der Waals surface area contributed by atoms with Crippen LogP contribution in [-0.4, -0.2) is 20.4 Å². The summed E-state index contributed by atoms with van der Waals surface area (Å²) in [6.07, 6.45) is 2.00. The number of hydrogen-bond donors (Lipinski definition) is 1. The van der Waals surface area contributed by atoms with Crippen molar-refractivity contribution in [1.82, 2.24) is 9.55 Å². The van der Waals surface area contributed by atoms with Gasteiger partial charge in [-0.3, -0.25) is 4.79 Å². The highest BCUT2D eigenvalue weighted by Crippen LogP contribution is 2.48. The first-order valence-electron chi connectivity index (χ1n) is 8.31. The minimum atomic E-state index is -1.36. The molecule has 0 spiro atoms. The number of benzene rings is 2. The number of Topliss-reactive ketones (excluding diaryl/α,β-unsaturated/α-hetero) is 1. The lowest BCUT2D eigenvalue weighted by Gasteiger charge is -2.24. The largest absolute Gasteiger partial charge is 0.378 e. The molecular weight excluding hydrogens is 312 g/mol. The molecule has 0 radical (unpaired) electrons. The second kappa shape index (κ2) is 4.77. The molecule has 5 rings (SSSR count). The van der Waals surface area contributed by atoms with Crippen LogP contribution in [0.2, 0.25) is 0 Å². The lowest BCUT2D eigenvalue weighted by Crippen LogP contribution is -2.29. The van der Waals surface area contributed by atoms with Crippen molar-refractivity contribution in [3.05, 3.63) is 72.1 Å². The zero-order valence-corrected chi connectivity index (χ0v) is 13.7. The predicted molar refractivity (Wildman–Crippen MR) is 96.0 cm³/mol. The van der Waals surface area contributed by atoms with Crippen molar-refractivity contribution in [3.8, 4) is 16.9 Å². The number of aliphatic hydroxyl groups is 1. The van der Waals surface area contributed by atoms with Crippen LogP contribution in [0.15, 0.2) is 60.8 Å². The van der Waals surface area contributed by atoms with E-state index >= 15 is 0 Å². The van der Waals surface area contributed by atoms with Gasteiger partial charge in [0.15, 0.2) is 0 Å². The number of rotatable bonds is 2. The van der Waals surface area contributed by atoms with Gasteiger partial charge in [0.1, 0.15) is 11.4 Å². The van der Waals surface area contributed by atoms with Crippen molar-refractivity contribution in [1.29, 1.82) is 0 Å². The Morgan fingerprint density at radius 1 is 1.12 bits per heavy atom. The molecule has 1 N–H and O–H groups in total. The fraction of sp³-hybridized carbons (Fsp3) is 0.143. The van der Waals surface area contributed by atoms with Crippen LogP contribution in [0.5, 0.6) is 0 Å². The van der Waals surface area contributed by atoms with Crippen molar-refractivity contribution in [2.45, 2.75) is 18.9 Å². The summed E-state index contributed by atoms with van der Waals surface area (Å²) < 4.78 is 1.96. The van der Waals surface area contributed by atoms with E-state index in [0.29, 0.717) is 5.69 Å². The second-order valence-electron chi connectivity index (χ2n) is 6.68. The van der Waals surface area contributed by atoms with E-state index in [4.69, 9.17) is 4.98 Å². The molecule has 0 fully saturated rings. The fourth-order valence-electron chi connectivity index (χ4n) is 4.09. The maximum Gasteiger partial charge on any atom is 0.141 e. The molecule has 0 saturated carbocycles. The van der Waals surface area contributed by atoms with Crippen LogP contribution in [0.4, 0.5) is 0 Å². The zero-order valence-electron chi connectivity index (χ0n) is 13.7. The number of fused-ring (bicyclic) bond motifs is 7. The molecule has 0 aliphatic carbocycles. The Kier molecular flexibility index (Phi) is 2.74. The van der Waals surface area contributed by atoms with E-state index in [-0.39, 0.29) is 12.2 Å². The summed E-state index contributed by atoms with van der Waals surface area (Å²) in [5.41, 5.74) is 3.62. The number of hydrogen-bond acceptors (Lipinski definition) is 3. The molecule has 3 aliphatic rings. The number of pyridine rings is 1. The summed E-state index contributed by atoms with van der Waals surface area (Å²) in [7, 11) is 0. The molecule has 3 aliphatic heterocycles. The van der Waals surface area contributed by atoms with Crippen molar-refractivity contribution < 1.29 is 9.90 Å². The van der Waals surface area contributed by atoms with Gasteiger partial charge in [-0.25, -0.2) is 4.98 Å². The molecule has 0 amide bonds. The maximum atomic E-state index is 11.9. The van der Waals surface area contributed by atoms with E-state index in [9.17, 15) is 9.90 Å². The molecular formula is C21H16N2O2. The summed E-state index contributed by atoms with van der Waals surface area (Å²) in [6, 6.07) is 17.7. The highest BCUT2D eigenvalue weighted by Gasteiger charge is 2.45. The first kappa shape index (κ1) is 14.4. The van der Waals surface area contributed by atoms with Crippen LogP contribution < -0.4 is 0 Å². The lowest BCUT2D eigenvalue weighted by molar-refractivity contribution is -0.120. The Bertz CT molecular complexity index is 1130. The van der Waals surface area contributed by atoms with Gasteiger partial charge >= 0.3 is 0 Å². The van der Waals surface area contributed by atoms with Gasteiger partial charge in [-0.05, 0) is 25.1 Å². The van der Waals surface area contributed by atoms with Crippen molar-refractivity contribution in [2.24, 2.45) is 0 Å². The minimum Gasteiger partial charge on any atom is -0.378 e. The summed E-state index contributed by atoms with van der Waals surface area (Å²) in [5, 5.41) is 12.7. The minimum absolute atomic E-state index is 0.0341. The van der Waals surface area contributed by atoms with Crippen LogP contribution in [0.25, 0.3) is 27.8 Å². The molecule has 2 aromatic rings. The highest BCUT2D eigenvalue weighted by molar-refractivity contribution is 5.98. The van der Waals surface area contributed by atoms with E-state index < -0.39 is 5.60 Å². The number of nitrogens with zero attached hydrogens (tertiary/aromatic N) is 2. The normalized spacial score (nSPS) is 18.5. The van der Waals surface area contributed by atoms with Gasteiger partial charge in [0, 0.05) is 29.1 Å². The zero-order chi connectivity index (χ0) is 17.2. The van der Waals surface area contributed by atoms with Gasteiger partial charge in [0.2, 0.25) is 0 Å². The quantitative estimate of drug-likeness (QED) is 0.611. The van der Waals surface area contributed by atoms with Gasteiger partial charge in [0.05, 0.1) is 22.6 Å². The van der Waals surface area contributed by atoms with E-state index in [1.54, 1.807) is 0 Å². The number of carbonyl (C=O) groups is 1. The third kappa shape index (κ3) is 1.80. The molecule has 4 nitrogen and oxygen atoms in total. The van der Waals surface area contributed by atoms with Gasteiger partial charge in [-0.15, -0.1) is 0 Å². The third-order valence-electron chi connectivity index (χ3n) is 5.04. The van der Waals surface area contributed by atoms with Crippen LogP contribution in [0.3, 0.4) is 0 Å². The topological polar surface area (TPSA) is 55.1 Å². The molecule has 1 unspecified atom stereocenters. The van der Waals surface area contributed by atoms with Crippen molar-refractivity contribution in [2.75, 3.05) is 0 Å². The van der Waals surface area contributed by atoms with E-state index in [0.717, 1.165) is 33.4 Å². The van der Waals surface area contributed by atoms with Crippen molar-refractivity contribution in [3.63, 3.8) is 0 Å². The maximum absolute atomic E-state index is 11.9. The predicted octanol–water partition coefficient (Wildman–Crippen LogP) is 3.66. The molecule has 4 heteroatoms. The van der Waals surface area contributed by atoms with Crippen molar-refractivity contribution >= 4 is 16.7 Å². The van der Waals surface area contributed by atoms with Crippen LogP contribution in [0, 0.1) is 0 Å². The van der Waals surface area contributed by atoms with Crippen LogP contribution in [0.1, 0.15) is 24.6 Å². The van der Waals surface area contributed by atoms with Gasteiger partial charge in [-0.1, -0.05) is 36.4 Å². The molecule has 0 bridgehead atoms. The SMILES string of the molecule is CC(=O)CC1(O)c2ccccc2-n2ccc3c4ccccc4nc-3c21. The van der Waals surface area contributed by atoms with E-state index in [1.807, 2.05) is 65.4 Å². The Morgan fingerprint density at radius 2 is 1.88 bits per heavy atom. The molecule has 0 saturated heterocycles. The molecule has 3 heterocycles. The first-order valence-corrected chi connectivity index (χ1v) is 8.31. The van der Waals surface area contributed by atoms with Gasteiger partial charge < -0.3 is 9.67 Å². The van der Waals surface area contributed by atoms with E-state index in [1.165, 1.54) is 6.92 Å². The molecule has 2 aromatic carbocycles. The van der Waals surface area contributed by atoms with Gasteiger partial charge in [-0.2, -0.15) is 0 Å². The summed E-state index contributed by atoms with van der Waals surface area (Å²) in [6.45, 7) is 1.51. The fourth-order valence-corrected chi connectivity index (χ4v) is 4.09. The Morgan fingerprint density at radius 3 is 2.72 bits per heavy atom. The molecule has 1 atom stereocenters. The summed E-state index contributed by atoms with van der Waals surface area (Å²) in [5.74, 6) is -0.0566. The Labute approximate surface area is 144 Å². The average molecular weight is 328 g/mol. The number of para-hydroxylation sites is 2. The third-order valence-corrected chi connectivity index (χ3v) is 5.04. The first-order chi connectivity index (χ1) is 12.1. The van der Waals surface area contributed by atoms with E-state index in [2.05, 4.69) is 0 Å². The van der Waals surface area contributed by atoms with Gasteiger partial charge in [0.25, 0.3) is 0 Å². The number of ketones is 1. The molecule has 0 aromatic heterocycles. The average Bonchev–Trinajstić information content (AvgIpc) is 3.09. The molecule has 25 heavy (non-hydrogen) atoms. The lowest BCUT2D eigenvalue weighted by atomic mass is 9.85. The summed E-state index contributed by atoms with van der Waals surface area (Å²) >= 11 is 0. The number of carbonyl (C=O) groups excluding carboxylic acids is 1. The smallest absolute Gasteiger partial charge is 0.141 e. The molecule has 122 valence electrons. The standard InChI is InChI=1S/C21H16N2O2/c1-13(24)12-21(25)16-7-3-5-9-18(16)23-11-10-15-14-6-2-4-8-17(14)22-19(15)20(21)23/h2-11,25H,12H2,1H3. The Hall–Kier alpha value is -2.98. The summed E-state index contributed by atoms with van der Waals surface area (Å²) in [4.78, 5) is 16.7. The van der Waals surface area contributed by atoms with Crippen LogP contribution >= 0.6 is 0 Å². The van der Waals surface area contributed by atoms with Crippen LogP contribution in [-0.2, 0) is 10.4 Å². The monoisotopic (exact) mass is 328 g/mol.